The molecule has 0 radical (unpaired) electrons. The lowest BCUT2D eigenvalue weighted by molar-refractivity contribution is -0.123. The van der Waals surface area contributed by atoms with Crippen molar-refractivity contribution in [3.05, 3.63) is 29.3 Å². The zero-order valence-electron chi connectivity index (χ0n) is 11.5. The van der Waals surface area contributed by atoms with Crippen LogP contribution in [0.25, 0.3) is 0 Å². The van der Waals surface area contributed by atoms with Crippen molar-refractivity contribution in [3.8, 4) is 0 Å². The van der Waals surface area contributed by atoms with Gasteiger partial charge in [-0.25, -0.2) is 8.78 Å². The van der Waals surface area contributed by atoms with E-state index in [-0.39, 0.29) is 6.04 Å². The number of hydrogen-bond donors (Lipinski definition) is 3. The molecule has 20 heavy (non-hydrogen) atoms. The number of carbonyl (C=O) groups excluding carboxylic acids is 2. The van der Waals surface area contributed by atoms with Crippen molar-refractivity contribution in [2.24, 2.45) is 0 Å². The highest BCUT2D eigenvalue weighted by atomic mass is 19.1. The van der Waals surface area contributed by atoms with E-state index >= 15 is 0 Å². The van der Waals surface area contributed by atoms with Crippen molar-refractivity contribution in [1.29, 1.82) is 0 Å². The Bertz CT molecular complexity index is 533. The lowest BCUT2D eigenvalue weighted by Crippen LogP contribution is -2.47. The minimum Gasteiger partial charge on any atom is -0.396 e. The van der Waals surface area contributed by atoms with Crippen LogP contribution in [-0.2, 0) is 4.79 Å². The van der Waals surface area contributed by atoms with Crippen LogP contribution in [0.15, 0.2) is 12.1 Å². The SMILES string of the molecule is CC(C)NC(=O)C(C)NC(=O)c1cc(F)cc(N)c1F. The molecule has 1 rings (SSSR count). The molecule has 0 heterocycles. The summed E-state index contributed by atoms with van der Waals surface area (Å²) in [5.74, 6) is -3.16. The van der Waals surface area contributed by atoms with E-state index in [0.717, 1.165) is 12.1 Å². The van der Waals surface area contributed by atoms with Crippen LogP contribution in [-0.4, -0.2) is 23.9 Å². The van der Waals surface area contributed by atoms with Gasteiger partial charge >= 0.3 is 0 Å². The Morgan fingerprint density at radius 2 is 1.75 bits per heavy atom. The summed E-state index contributed by atoms with van der Waals surface area (Å²) in [6.45, 7) is 4.97. The van der Waals surface area contributed by atoms with Crippen LogP contribution in [0, 0.1) is 11.6 Å². The molecule has 110 valence electrons. The summed E-state index contributed by atoms with van der Waals surface area (Å²) in [5.41, 5.74) is 4.24. The molecule has 0 aromatic heterocycles. The van der Waals surface area contributed by atoms with Crippen molar-refractivity contribution in [2.45, 2.75) is 32.9 Å². The van der Waals surface area contributed by atoms with E-state index < -0.39 is 40.7 Å². The maximum absolute atomic E-state index is 13.6. The summed E-state index contributed by atoms with van der Waals surface area (Å²) in [5, 5.41) is 4.87. The van der Waals surface area contributed by atoms with E-state index in [4.69, 9.17) is 5.73 Å². The third kappa shape index (κ3) is 3.91. The van der Waals surface area contributed by atoms with Crippen LogP contribution in [0.4, 0.5) is 14.5 Å². The average molecular weight is 285 g/mol. The van der Waals surface area contributed by atoms with Gasteiger partial charge in [-0.05, 0) is 32.9 Å². The molecule has 0 saturated carbocycles. The van der Waals surface area contributed by atoms with Crippen molar-refractivity contribution in [2.75, 3.05) is 5.73 Å². The Balaban J connectivity index is 2.84. The highest BCUT2D eigenvalue weighted by Crippen LogP contribution is 2.17. The number of anilines is 1. The number of benzene rings is 1. The predicted octanol–water partition coefficient (Wildman–Crippen LogP) is 1.19. The predicted molar refractivity (Wildman–Crippen MR) is 71.0 cm³/mol. The number of nitrogens with two attached hydrogens (primary N) is 1. The van der Waals surface area contributed by atoms with E-state index in [1.165, 1.54) is 6.92 Å². The summed E-state index contributed by atoms with van der Waals surface area (Å²) < 4.78 is 26.8. The van der Waals surface area contributed by atoms with E-state index in [2.05, 4.69) is 10.6 Å². The molecule has 1 aromatic carbocycles. The zero-order valence-corrected chi connectivity index (χ0v) is 11.5. The van der Waals surface area contributed by atoms with Crippen molar-refractivity contribution >= 4 is 17.5 Å². The molecule has 1 atom stereocenters. The van der Waals surface area contributed by atoms with Gasteiger partial charge in [-0.3, -0.25) is 9.59 Å². The monoisotopic (exact) mass is 285 g/mol. The molecule has 0 fully saturated rings. The molecule has 1 unspecified atom stereocenters. The Hall–Kier alpha value is -2.18. The van der Waals surface area contributed by atoms with Crippen molar-refractivity contribution in [1.82, 2.24) is 10.6 Å². The van der Waals surface area contributed by atoms with E-state index in [0.29, 0.717) is 0 Å². The van der Waals surface area contributed by atoms with Gasteiger partial charge < -0.3 is 16.4 Å². The van der Waals surface area contributed by atoms with E-state index in [1.807, 2.05) is 0 Å². The first-order chi connectivity index (χ1) is 9.22. The second-order valence-corrected chi connectivity index (χ2v) is 4.71. The summed E-state index contributed by atoms with van der Waals surface area (Å²) in [7, 11) is 0. The van der Waals surface area contributed by atoms with Crippen molar-refractivity contribution < 1.29 is 18.4 Å². The van der Waals surface area contributed by atoms with Gasteiger partial charge in [-0.1, -0.05) is 0 Å². The van der Waals surface area contributed by atoms with Gasteiger partial charge in [-0.2, -0.15) is 0 Å². The molecule has 0 aliphatic rings. The van der Waals surface area contributed by atoms with E-state index in [9.17, 15) is 18.4 Å². The maximum Gasteiger partial charge on any atom is 0.255 e. The van der Waals surface area contributed by atoms with Crippen LogP contribution in [0.1, 0.15) is 31.1 Å². The first kappa shape index (κ1) is 15.9. The van der Waals surface area contributed by atoms with Gasteiger partial charge in [0.2, 0.25) is 5.91 Å². The zero-order chi connectivity index (χ0) is 15.4. The number of amides is 2. The summed E-state index contributed by atoms with van der Waals surface area (Å²) >= 11 is 0. The molecule has 2 amide bonds. The highest BCUT2D eigenvalue weighted by molar-refractivity contribution is 5.98. The van der Waals surface area contributed by atoms with Crippen molar-refractivity contribution in [3.63, 3.8) is 0 Å². The fourth-order valence-corrected chi connectivity index (χ4v) is 1.53. The number of rotatable bonds is 4. The van der Waals surface area contributed by atoms with Crippen LogP contribution < -0.4 is 16.4 Å². The van der Waals surface area contributed by atoms with Gasteiger partial charge in [0.05, 0.1) is 11.3 Å². The fourth-order valence-electron chi connectivity index (χ4n) is 1.53. The molecule has 7 heteroatoms. The lowest BCUT2D eigenvalue weighted by atomic mass is 10.1. The van der Waals surface area contributed by atoms with Crippen LogP contribution in [0.3, 0.4) is 0 Å². The second kappa shape index (κ2) is 6.31. The maximum atomic E-state index is 13.6. The van der Waals surface area contributed by atoms with Gasteiger partial charge in [0.15, 0.2) is 5.82 Å². The Morgan fingerprint density at radius 1 is 1.15 bits per heavy atom. The van der Waals surface area contributed by atoms with Gasteiger partial charge in [0.25, 0.3) is 5.91 Å². The molecule has 4 N–H and O–H groups in total. The van der Waals surface area contributed by atoms with Crippen LogP contribution in [0.5, 0.6) is 0 Å². The quantitative estimate of drug-likeness (QED) is 0.726. The summed E-state index contributed by atoms with van der Waals surface area (Å²) in [6.07, 6.45) is 0. The number of hydrogen-bond acceptors (Lipinski definition) is 3. The Kier molecular flexibility index (Phi) is 5.01. The average Bonchev–Trinajstić information content (AvgIpc) is 2.32. The number of halogens is 2. The number of nitrogens with one attached hydrogen (secondary N) is 2. The molecular weight excluding hydrogens is 268 g/mol. The fraction of sp³-hybridized carbons (Fsp3) is 0.385. The molecule has 1 aromatic rings. The smallest absolute Gasteiger partial charge is 0.255 e. The molecule has 0 aliphatic carbocycles. The number of carbonyl (C=O) groups is 2. The molecule has 0 aliphatic heterocycles. The third-order valence-corrected chi connectivity index (χ3v) is 2.48. The van der Waals surface area contributed by atoms with Crippen LogP contribution in [0.2, 0.25) is 0 Å². The van der Waals surface area contributed by atoms with Gasteiger partial charge in [-0.15, -0.1) is 0 Å². The molecule has 0 saturated heterocycles. The minimum absolute atomic E-state index is 0.0941. The molecular formula is C13H17F2N3O2. The minimum atomic E-state index is -1.01. The number of nitrogen functional groups attached to an aromatic ring is 1. The molecule has 0 spiro atoms. The Labute approximate surface area is 115 Å². The van der Waals surface area contributed by atoms with E-state index in [1.54, 1.807) is 13.8 Å². The second-order valence-electron chi connectivity index (χ2n) is 4.71. The summed E-state index contributed by atoms with van der Waals surface area (Å²) in [6, 6.07) is 0.534. The molecule has 5 nitrogen and oxygen atoms in total. The lowest BCUT2D eigenvalue weighted by Gasteiger charge is -2.16. The highest BCUT2D eigenvalue weighted by Gasteiger charge is 2.21. The third-order valence-electron chi connectivity index (χ3n) is 2.48. The van der Waals surface area contributed by atoms with Gasteiger partial charge in [0, 0.05) is 6.04 Å². The van der Waals surface area contributed by atoms with Crippen LogP contribution >= 0.6 is 0 Å². The standard InChI is InChI=1S/C13H17F2N3O2/c1-6(2)17-12(19)7(3)18-13(20)9-4-8(14)5-10(16)11(9)15/h4-7H,16H2,1-3H3,(H,17,19)(H,18,20). The molecule has 0 bridgehead atoms. The first-order valence-electron chi connectivity index (χ1n) is 6.08. The topological polar surface area (TPSA) is 84.2 Å². The summed E-state index contributed by atoms with van der Waals surface area (Å²) in [4.78, 5) is 23.4. The van der Waals surface area contributed by atoms with Gasteiger partial charge in [0.1, 0.15) is 11.9 Å². The largest absolute Gasteiger partial charge is 0.396 e. The Morgan fingerprint density at radius 3 is 2.30 bits per heavy atom. The normalized spacial score (nSPS) is 12.1. The first-order valence-corrected chi connectivity index (χ1v) is 6.08.